The zero-order valence-electron chi connectivity index (χ0n) is 19.0. The van der Waals surface area contributed by atoms with Gasteiger partial charge in [-0.2, -0.15) is 0 Å². The standard InChI is InChI=1S/C30H19N3O2S/c34-28(22-15-8-3-9-16-22)29-27(31-19-23-17-10-18-35-23)25-24(20-11-4-1-5-12-20)26(32-33-30(25)36-29)21-13-6-2-7-14-21/h1-19H. The molecule has 0 radical (unpaired) electrons. The molecule has 0 saturated heterocycles. The van der Waals surface area contributed by atoms with Crippen LogP contribution in [0.3, 0.4) is 0 Å². The van der Waals surface area contributed by atoms with Crippen LogP contribution < -0.4 is 0 Å². The number of hydrogen-bond acceptors (Lipinski definition) is 6. The minimum Gasteiger partial charge on any atom is -0.463 e. The van der Waals surface area contributed by atoms with Crippen molar-refractivity contribution in [2.45, 2.75) is 0 Å². The number of aliphatic imine (C=N–C) groups is 1. The smallest absolute Gasteiger partial charge is 0.205 e. The Bertz CT molecular complexity index is 1670. The predicted molar refractivity (Wildman–Crippen MR) is 144 cm³/mol. The molecule has 0 unspecified atom stereocenters. The molecular formula is C30H19N3O2S. The van der Waals surface area contributed by atoms with Crippen molar-refractivity contribution in [2.24, 2.45) is 4.99 Å². The second-order valence-corrected chi connectivity index (χ2v) is 9.08. The molecule has 0 spiro atoms. The first-order valence-corrected chi connectivity index (χ1v) is 12.2. The number of carbonyl (C=O) groups is 1. The Morgan fingerprint density at radius 3 is 2.11 bits per heavy atom. The fourth-order valence-electron chi connectivity index (χ4n) is 4.14. The molecule has 36 heavy (non-hydrogen) atoms. The van der Waals surface area contributed by atoms with Gasteiger partial charge in [0.2, 0.25) is 5.78 Å². The maximum Gasteiger partial charge on any atom is 0.205 e. The van der Waals surface area contributed by atoms with Gasteiger partial charge in [0.05, 0.1) is 18.2 Å². The van der Waals surface area contributed by atoms with Crippen LogP contribution in [0.15, 0.2) is 119 Å². The average Bonchev–Trinajstić information content (AvgIpc) is 3.60. The summed E-state index contributed by atoms with van der Waals surface area (Å²) in [7, 11) is 0. The monoisotopic (exact) mass is 485 g/mol. The molecule has 0 saturated carbocycles. The lowest BCUT2D eigenvalue weighted by atomic mass is 9.96. The Kier molecular flexibility index (Phi) is 5.77. The number of aromatic nitrogens is 2. The third-order valence-electron chi connectivity index (χ3n) is 5.81. The molecule has 0 amide bonds. The quantitative estimate of drug-likeness (QED) is 0.180. The topological polar surface area (TPSA) is 68.3 Å². The maximum absolute atomic E-state index is 13.7. The Labute approximate surface area is 211 Å². The number of hydrogen-bond donors (Lipinski definition) is 0. The van der Waals surface area contributed by atoms with Crippen LogP contribution in [0.5, 0.6) is 0 Å². The van der Waals surface area contributed by atoms with Crippen LogP contribution in [-0.4, -0.2) is 22.2 Å². The van der Waals surface area contributed by atoms with Gasteiger partial charge in [0.1, 0.15) is 21.2 Å². The minimum atomic E-state index is -0.106. The van der Waals surface area contributed by atoms with Gasteiger partial charge in [-0.1, -0.05) is 91.0 Å². The van der Waals surface area contributed by atoms with Crippen molar-refractivity contribution < 1.29 is 9.21 Å². The minimum absolute atomic E-state index is 0.106. The van der Waals surface area contributed by atoms with Crippen molar-refractivity contribution in [3.8, 4) is 22.4 Å². The number of fused-ring (bicyclic) bond motifs is 1. The van der Waals surface area contributed by atoms with Crippen LogP contribution in [-0.2, 0) is 0 Å². The van der Waals surface area contributed by atoms with E-state index in [-0.39, 0.29) is 5.78 Å². The van der Waals surface area contributed by atoms with Gasteiger partial charge in [0.25, 0.3) is 0 Å². The Morgan fingerprint density at radius 2 is 1.44 bits per heavy atom. The SMILES string of the molecule is O=C(c1ccccc1)c1sc2nnc(-c3ccccc3)c(-c3ccccc3)c2c1N=Cc1ccco1. The lowest BCUT2D eigenvalue weighted by Gasteiger charge is -2.11. The predicted octanol–water partition coefficient (Wildman–Crippen LogP) is 7.60. The molecule has 6 aromatic rings. The first-order valence-electron chi connectivity index (χ1n) is 11.4. The van der Waals surface area contributed by atoms with E-state index in [0.717, 1.165) is 27.8 Å². The molecule has 5 nitrogen and oxygen atoms in total. The number of carbonyl (C=O) groups excluding carboxylic acids is 1. The van der Waals surface area contributed by atoms with E-state index < -0.39 is 0 Å². The highest BCUT2D eigenvalue weighted by atomic mass is 32.1. The van der Waals surface area contributed by atoms with Gasteiger partial charge >= 0.3 is 0 Å². The highest BCUT2D eigenvalue weighted by Crippen LogP contribution is 2.46. The summed E-state index contributed by atoms with van der Waals surface area (Å²) in [6, 6.07) is 32.8. The number of benzene rings is 3. The molecule has 3 aromatic heterocycles. The average molecular weight is 486 g/mol. The molecule has 172 valence electrons. The van der Waals surface area contributed by atoms with Crippen LogP contribution in [0.4, 0.5) is 5.69 Å². The highest BCUT2D eigenvalue weighted by molar-refractivity contribution is 7.21. The lowest BCUT2D eigenvalue weighted by molar-refractivity contribution is 0.104. The third-order valence-corrected chi connectivity index (χ3v) is 6.87. The van der Waals surface area contributed by atoms with Crippen molar-refractivity contribution in [1.29, 1.82) is 0 Å². The van der Waals surface area contributed by atoms with Crippen LogP contribution in [0, 0.1) is 0 Å². The molecule has 3 aromatic carbocycles. The molecule has 0 N–H and O–H groups in total. The number of ketones is 1. The molecule has 0 atom stereocenters. The summed E-state index contributed by atoms with van der Waals surface area (Å²) in [5.41, 5.74) is 4.69. The summed E-state index contributed by atoms with van der Waals surface area (Å²) in [5, 5.41) is 9.99. The molecule has 0 aliphatic carbocycles. The van der Waals surface area contributed by atoms with E-state index in [1.807, 2.05) is 97.1 Å². The van der Waals surface area contributed by atoms with E-state index in [1.54, 1.807) is 18.5 Å². The fourth-order valence-corrected chi connectivity index (χ4v) is 5.18. The van der Waals surface area contributed by atoms with Crippen LogP contribution in [0.1, 0.15) is 21.0 Å². The summed E-state index contributed by atoms with van der Waals surface area (Å²) < 4.78 is 5.48. The number of rotatable bonds is 6. The summed E-state index contributed by atoms with van der Waals surface area (Å²) in [6.45, 7) is 0. The Hall–Kier alpha value is -4.68. The molecule has 0 aliphatic heterocycles. The Balaban J connectivity index is 1.68. The second kappa shape index (κ2) is 9.52. The van der Waals surface area contributed by atoms with Crippen LogP contribution in [0.25, 0.3) is 32.6 Å². The van der Waals surface area contributed by atoms with Crippen LogP contribution >= 0.6 is 11.3 Å². The molecule has 0 fully saturated rings. The summed E-state index contributed by atoms with van der Waals surface area (Å²) >= 11 is 1.31. The first-order chi connectivity index (χ1) is 17.8. The normalized spacial score (nSPS) is 11.3. The third kappa shape index (κ3) is 4.04. The van der Waals surface area contributed by atoms with Crippen molar-refractivity contribution in [2.75, 3.05) is 0 Å². The molecule has 6 heteroatoms. The van der Waals surface area contributed by atoms with Gasteiger partial charge < -0.3 is 4.42 Å². The molecule has 0 aliphatic rings. The van der Waals surface area contributed by atoms with Gasteiger partial charge in [0.15, 0.2) is 0 Å². The fraction of sp³-hybridized carbons (Fsp3) is 0. The van der Waals surface area contributed by atoms with Crippen molar-refractivity contribution in [1.82, 2.24) is 10.2 Å². The van der Waals surface area contributed by atoms with Crippen LogP contribution in [0.2, 0.25) is 0 Å². The van der Waals surface area contributed by atoms with E-state index in [9.17, 15) is 4.79 Å². The van der Waals surface area contributed by atoms with E-state index in [4.69, 9.17) is 9.41 Å². The number of nitrogens with zero attached hydrogens (tertiary/aromatic N) is 3. The van der Waals surface area contributed by atoms with Gasteiger partial charge in [0, 0.05) is 22.1 Å². The first kappa shape index (κ1) is 21.8. The number of thiophene rings is 1. The van der Waals surface area contributed by atoms with E-state index in [0.29, 0.717) is 26.7 Å². The van der Waals surface area contributed by atoms with Gasteiger partial charge in [-0.15, -0.1) is 21.5 Å². The summed E-state index contributed by atoms with van der Waals surface area (Å²) in [6.07, 6.45) is 3.23. The lowest BCUT2D eigenvalue weighted by Crippen LogP contribution is -1.98. The zero-order chi connectivity index (χ0) is 24.3. The largest absolute Gasteiger partial charge is 0.463 e. The van der Waals surface area contributed by atoms with Crippen molar-refractivity contribution in [3.05, 3.63) is 126 Å². The summed E-state index contributed by atoms with van der Waals surface area (Å²) in [4.78, 5) is 19.6. The van der Waals surface area contributed by atoms with Gasteiger partial charge in [-0.25, -0.2) is 0 Å². The van der Waals surface area contributed by atoms with Crippen molar-refractivity contribution in [3.63, 3.8) is 0 Å². The number of furan rings is 1. The van der Waals surface area contributed by atoms with Crippen molar-refractivity contribution >= 4 is 39.2 Å². The molecular weight excluding hydrogens is 466 g/mol. The Morgan fingerprint density at radius 1 is 0.778 bits per heavy atom. The van der Waals surface area contributed by atoms with Gasteiger partial charge in [-0.3, -0.25) is 9.79 Å². The molecule has 6 rings (SSSR count). The van der Waals surface area contributed by atoms with Gasteiger partial charge in [-0.05, 0) is 17.7 Å². The highest BCUT2D eigenvalue weighted by Gasteiger charge is 2.25. The summed E-state index contributed by atoms with van der Waals surface area (Å²) in [5.74, 6) is 0.490. The second-order valence-electron chi connectivity index (χ2n) is 8.08. The van der Waals surface area contributed by atoms with E-state index >= 15 is 0 Å². The zero-order valence-corrected chi connectivity index (χ0v) is 19.9. The van der Waals surface area contributed by atoms with E-state index in [1.165, 1.54) is 11.3 Å². The maximum atomic E-state index is 13.7. The molecule has 0 bridgehead atoms. The van der Waals surface area contributed by atoms with E-state index in [2.05, 4.69) is 10.2 Å². The molecule has 3 heterocycles.